The highest BCUT2D eigenvalue weighted by atomic mass is 16.1. The number of aromatic nitrogens is 2. The Bertz CT molecular complexity index is 298. The maximum atomic E-state index is 10.8. The molecule has 0 spiro atoms. The zero-order valence-corrected chi connectivity index (χ0v) is 5.29. The molecule has 0 bridgehead atoms. The maximum absolute atomic E-state index is 10.8. The van der Waals surface area contributed by atoms with Crippen LogP contribution >= 0.6 is 0 Å². The fourth-order valence-electron chi connectivity index (χ4n) is 1.02. The van der Waals surface area contributed by atoms with Gasteiger partial charge in [-0.1, -0.05) is 0 Å². The number of carbonyl (C=O) groups is 1. The molecule has 1 N–H and O–H groups in total. The molecular weight excluding hydrogens is 128 g/mol. The first-order valence-corrected chi connectivity index (χ1v) is 3.09. The Balaban J connectivity index is 2.52. The zero-order chi connectivity index (χ0) is 6.97. The number of hydrogen-bond acceptors (Lipinski definition) is 2. The summed E-state index contributed by atoms with van der Waals surface area (Å²) in [6.07, 6.45) is 5.37. The van der Waals surface area contributed by atoms with Crippen molar-refractivity contribution in [3.8, 4) is 0 Å². The number of nitrogens with one attached hydrogen (secondary N) is 1. The van der Waals surface area contributed by atoms with Crippen molar-refractivity contribution in [2.45, 2.75) is 6.42 Å². The molecule has 10 heavy (non-hydrogen) atoms. The standard InChI is InChI=1S/C7H6N2O/c10-5-1-2-6-7(3-5)9-4-8-6/h1-2,4H,3H2,(H,8,9). The van der Waals surface area contributed by atoms with Gasteiger partial charge in [0.15, 0.2) is 5.78 Å². The van der Waals surface area contributed by atoms with Crippen LogP contribution in [0.25, 0.3) is 6.08 Å². The highest BCUT2D eigenvalue weighted by molar-refractivity contribution is 5.97. The van der Waals surface area contributed by atoms with E-state index in [1.165, 1.54) is 0 Å². The lowest BCUT2D eigenvalue weighted by Gasteiger charge is -1.99. The summed E-state index contributed by atoms with van der Waals surface area (Å²) in [7, 11) is 0. The van der Waals surface area contributed by atoms with E-state index < -0.39 is 0 Å². The van der Waals surface area contributed by atoms with Crippen LogP contribution in [0.4, 0.5) is 0 Å². The van der Waals surface area contributed by atoms with E-state index >= 15 is 0 Å². The SMILES string of the molecule is O=C1C=Cc2[nH]cnc2C1. The molecule has 1 aliphatic rings. The molecule has 0 aliphatic heterocycles. The molecule has 0 radical (unpaired) electrons. The third-order valence-corrected chi connectivity index (χ3v) is 1.53. The Kier molecular flexibility index (Phi) is 0.974. The number of allylic oxidation sites excluding steroid dienone is 1. The van der Waals surface area contributed by atoms with Crippen molar-refractivity contribution in [1.82, 2.24) is 9.97 Å². The fourth-order valence-corrected chi connectivity index (χ4v) is 1.02. The van der Waals surface area contributed by atoms with Crippen LogP contribution in [0.2, 0.25) is 0 Å². The third-order valence-electron chi connectivity index (χ3n) is 1.53. The van der Waals surface area contributed by atoms with Gasteiger partial charge >= 0.3 is 0 Å². The van der Waals surface area contributed by atoms with Crippen LogP contribution in [0.3, 0.4) is 0 Å². The van der Waals surface area contributed by atoms with E-state index in [0.29, 0.717) is 6.42 Å². The number of rotatable bonds is 0. The molecule has 3 heteroatoms. The summed E-state index contributed by atoms with van der Waals surface area (Å²) in [6, 6.07) is 0. The van der Waals surface area contributed by atoms with Gasteiger partial charge in [-0.15, -0.1) is 0 Å². The molecule has 0 saturated heterocycles. The van der Waals surface area contributed by atoms with E-state index in [4.69, 9.17) is 0 Å². The van der Waals surface area contributed by atoms with E-state index in [0.717, 1.165) is 11.4 Å². The van der Waals surface area contributed by atoms with Gasteiger partial charge in [0.05, 0.1) is 24.1 Å². The minimum Gasteiger partial charge on any atom is -0.345 e. The van der Waals surface area contributed by atoms with Crippen LogP contribution in [0.5, 0.6) is 0 Å². The molecule has 0 saturated carbocycles. The summed E-state index contributed by atoms with van der Waals surface area (Å²) < 4.78 is 0. The van der Waals surface area contributed by atoms with Crippen molar-refractivity contribution in [3.63, 3.8) is 0 Å². The van der Waals surface area contributed by atoms with Crippen molar-refractivity contribution in [3.05, 3.63) is 23.8 Å². The molecule has 1 aromatic heterocycles. The van der Waals surface area contributed by atoms with E-state index in [-0.39, 0.29) is 5.78 Å². The van der Waals surface area contributed by atoms with Gasteiger partial charge in [0, 0.05) is 0 Å². The lowest BCUT2D eigenvalue weighted by molar-refractivity contribution is -0.114. The van der Waals surface area contributed by atoms with E-state index in [9.17, 15) is 4.79 Å². The van der Waals surface area contributed by atoms with Crippen LogP contribution in [0.15, 0.2) is 12.4 Å². The second-order valence-electron chi connectivity index (χ2n) is 2.24. The van der Waals surface area contributed by atoms with Crippen molar-refractivity contribution in [2.24, 2.45) is 0 Å². The number of H-pyrrole nitrogens is 1. The molecule has 0 fully saturated rings. The summed E-state index contributed by atoms with van der Waals surface area (Å²) in [6.45, 7) is 0. The quantitative estimate of drug-likeness (QED) is 0.563. The second-order valence-corrected chi connectivity index (χ2v) is 2.24. The Morgan fingerprint density at radius 3 is 3.30 bits per heavy atom. The van der Waals surface area contributed by atoms with Crippen LogP contribution < -0.4 is 0 Å². The van der Waals surface area contributed by atoms with E-state index in [2.05, 4.69) is 9.97 Å². The molecular formula is C7H6N2O. The van der Waals surface area contributed by atoms with Crippen LogP contribution in [0.1, 0.15) is 11.4 Å². The van der Waals surface area contributed by atoms with Crippen molar-refractivity contribution < 1.29 is 4.79 Å². The molecule has 0 atom stereocenters. The van der Waals surface area contributed by atoms with Crippen LogP contribution in [0, 0.1) is 0 Å². The lowest BCUT2D eigenvalue weighted by Crippen LogP contribution is -2.04. The number of aromatic amines is 1. The lowest BCUT2D eigenvalue weighted by atomic mass is 10.1. The predicted octanol–water partition coefficient (Wildman–Crippen LogP) is 0.548. The molecule has 0 amide bonds. The Labute approximate surface area is 57.8 Å². The highest BCUT2D eigenvalue weighted by Gasteiger charge is 2.11. The van der Waals surface area contributed by atoms with Gasteiger partial charge in [-0.05, 0) is 12.2 Å². The largest absolute Gasteiger partial charge is 0.345 e. The molecule has 1 heterocycles. The predicted molar refractivity (Wildman–Crippen MR) is 36.3 cm³/mol. The first-order valence-electron chi connectivity index (χ1n) is 3.09. The summed E-state index contributed by atoms with van der Waals surface area (Å²) >= 11 is 0. The van der Waals surface area contributed by atoms with Gasteiger partial charge in [0.2, 0.25) is 0 Å². The number of carbonyl (C=O) groups excluding carboxylic acids is 1. The van der Waals surface area contributed by atoms with Gasteiger partial charge in [-0.3, -0.25) is 4.79 Å². The Hall–Kier alpha value is -1.38. The smallest absolute Gasteiger partial charge is 0.161 e. The van der Waals surface area contributed by atoms with Gasteiger partial charge in [0.1, 0.15) is 0 Å². The average Bonchev–Trinajstić information content (AvgIpc) is 2.33. The topological polar surface area (TPSA) is 45.8 Å². The Morgan fingerprint density at radius 2 is 2.40 bits per heavy atom. The van der Waals surface area contributed by atoms with Crippen molar-refractivity contribution in [2.75, 3.05) is 0 Å². The molecule has 2 rings (SSSR count). The summed E-state index contributed by atoms with van der Waals surface area (Å²) in [5, 5.41) is 0. The minimum absolute atomic E-state index is 0.125. The molecule has 1 aliphatic carbocycles. The summed E-state index contributed by atoms with van der Waals surface area (Å²) in [4.78, 5) is 17.7. The van der Waals surface area contributed by atoms with Gasteiger partial charge in [-0.25, -0.2) is 4.98 Å². The van der Waals surface area contributed by atoms with E-state index in [1.54, 1.807) is 18.5 Å². The summed E-state index contributed by atoms with van der Waals surface area (Å²) in [5.74, 6) is 0.125. The summed E-state index contributed by atoms with van der Waals surface area (Å²) in [5.41, 5.74) is 1.81. The normalized spacial score (nSPS) is 15.4. The number of hydrogen-bond donors (Lipinski definition) is 1. The molecule has 3 nitrogen and oxygen atoms in total. The average molecular weight is 134 g/mol. The highest BCUT2D eigenvalue weighted by Crippen LogP contribution is 2.11. The third kappa shape index (κ3) is 0.673. The number of imidazole rings is 1. The van der Waals surface area contributed by atoms with Gasteiger partial charge in [-0.2, -0.15) is 0 Å². The zero-order valence-electron chi connectivity index (χ0n) is 5.29. The van der Waals surface area contributed by atoms with Crippen LogP contribution in [-0.4, -0.2) is 15.8 Å². The minimum atomic E-state index is 0.125. The monoisotopic (exact) mass is 134 g/mol. The number of fused-ring (bicyclic) bond motifs is 1. The van der Waals surface area contributed by atoms with Crippen LogP contribution in [-0.2, 0) is 11.2 Å². The first-order chi connectivity index (χ1) is 4.86. The second kappa shape index (κ2) is 1.80. The Morgan fingerprint density at radius 1 is 1.50 bits per heavy atom. The van der Waals surface area contributed by atoms with Crippen molar-refractivity contribution in [1.29, 1.82) is 0 Å². The first kappa shape index (κ1) is 5.41. The molecule has 0 aromatic carbocycles. The maximum Gasteiger partial charge on any atom is 0.161 e. The van der Waals surface area contributed by atoms with Gasteiger partial charge < -0.3 is 4.98 Å². The number of nitrogens with zero attached hydrogens (tertiary/aromatic N) is 1. The van der Waals surface area contributed by atoms with Gasteiger partial charge in [0.25, 0.3) is 0 Å². The molecule has 0 unspecified atom stereocenters. The number of ketones is 1. The molecule has 50 valence electrons. The fraction of sp³-hybridized carbons (Fsp3) is 0.143. The van der Waals surface area contributed by atoms with Crippen molar-refractivity contribution >= 4 is 11.9 Å². The van der Waals surface area contributed by atoms with E-state index in [1.807, 2.05) is 0 Å². The molecule has 1 aromatic rings.